The van der Waals surface area contributed by atoms with Crippen molar-refractivity contribution in [1.82, 2.24) is 10.3 Å². The zero-order valence-corrected chi connectivity index (χ0v) is 11.3. The summed E-state index contributed by atoms with van der Waals surface area (Å²) in [6, 6.07) is 13.7. The molecule has 1 aromatic carbocycles. The monoisotopic (exact) mass is 266 g/mol. The number of aromatic nitrogens is 1. The normalized spacial score (nSPS) is 11.6. The van der Waals surface area contributed by atoms with E-state index in [1.807, 2.05) is 42.5 Å². The van der Waals surface area contributed by atoms with Crippen molar-refractivity contribution in [3.05, 3.63) is 78.6 Å². The molecule has 1 heterocycles. The van der Waals surface area contributed by atoms with Crippen LogP contribution in [0.5, 0.6) is 0 Å². The highest BCUT2D eigenvalue weighted by atomic mass is 16.1. The van der Waals surface area contributed by atoms with Crippen molar-refractivity contribution in [2.45, 2.75) is 12.3 Å². The number of carbonyl (C=O) groups excluding carboxylic acids is 1. The minimum atomic E-state index is -0.208. The Kier molecular flexibility index (Phi) is 5.07. The van der Waals surface area contributed by atoms with Gasteiger partial charge in [0.2, 0.25) is 5.91 Å². The zero-order chi connectivity index (χ0) is 14.2. The van der Waals surface area contributed by atoms with E-state index in [0.29, 0.717) is 13.0 Å². The van der Waals surface area contributed by atoms with Gasteiger partial charge in [0.05, 0.1) is 5.92 Å². The summed E-state index contributed by atoms with van der Waals surface area (Å²) in [6.07, 6.45) is 5.86. The molecule has 2 aromatic rings. The number of amides is 1. The fourth-order valence-corrected chi connectivity index (χ4v) is 2.10. The predicted octanol–water partition coefficient (Wildman–Crippen LogP) is 2.71. The molecule has 2 rings (SSSR count). The van der Waals surface area contributed by atoms with E-state index in [4.69, 9.17) is 0 Å². The third-order valence-corrected chi connectivity index (χ3v) is 3.10. The Labute approximate surface area is 119 Å². The first-order chi connectivity index (χ1) is 9.81. The molecule has 0 fully saturated rings. The molecule has 3 nitrogen and oxygen atoms in total. The lowest BCUT2D eigenvalue weighted by molar-refractivity contribution is -0.122. The van der Waals surface area contributed by atoms with Gasteiger partial charge in [0.15, 0.2) is 0 Å². The lowest BCUT2D eigenvalue weighted by Gasteiger charge is -2.16. The molecule has 20 heavy (non-hydrogen) atoms. The molecule has 0 saturated heterocycles. The van der Waals surface area contributed by atoms with Crippen LogP contribution in [0.3, 0.4) is 0 Å². The van der Waals surface area contributed by atoms with Crippen molar-refractivity contribution >= 4 is 5.91 Å². The van der Waals surface area contributed by atoms with Crippen LogP contribution in [-0.4, -0.2) is 17.4 Å². The fourth-order valence-electron chi connectivity index (χ4n) is 2.10. The predicted molar refractivity (Wildman–Crippen MR) is 80.3 cm³/mol. The van der Waals surface area contributed by atoms with Crippen molar-refractivity contribution in [2.24, 2.45) is 0 Å². The molecule has 1 amide bonds. The molecule has 0 aliphatic carbocycles. The number of pyridine rings is 1. The number of carbonyl (C=O) groups is 1. The summed E-state index contributed by atoms with van der Waals surface area (Å²) < 4.78 is 0. The lowest BCUT2D eigenvalue weighted by Crippen LogP contribution is -2.30. The summed E-state index contributed by atoms with van der Waals surface area (Å²) >= 11 is 0. The Balaban J connectivity index is 2.20. The van der Waals surface area contributed by atoms with Gasteiger partial charge >= 0.3 is 0 Å². The average molecular weight is 266 g/mol. The second-order valence-electron chi connectivity index (χ2n) is 4.56. The van der Waals surface area contributed by atoms with E-state index in [0.717, 1.165) is 11.1 Å². The smallest absolute Gasteiger partial charge is 0.228 e. The van der Waals surface area contributed by atoms with Gasteiger partial charge in [-0.15, -0.1) is 6.58 Å². The van der Waals surface area contributed by atoms with Gasteiger partial charge in [-0.2, -0.15) is 0 Å². The van der Waals surface area contributed by atoms with Crippen molar-refractivity contribution < 1.29 is 4.79 Å². The molecule has 3 heteroatoms. The molecule has 1 unspecified atom stereocenters. The molecule has 0 bridgehead atoms. The van der Waals surface area contributed by atoms with E-state index in [-0.39, 0.29) is 11.8 Å². The van der Waals surface area contributed by atoms with Crippen LogP contribution in [0.1, 0.15) is 17.0 Å². The third kappa shape index (κ3) is 3.79. The quantitative estimate of drug-likeness (QED) is 0.817. The van der Waals surface area contributed by atoms with Gasteiger partial charge in [-0.25, -0.2) is 0 Å². The highest BCUT2D eigenvalue weighted by Crippen LogP contribution is 2.20. The van der Waals surface area contributed by atoms with Crippen LogP contribution in [-0.2, 0) is 11.2 Å². The van der Waals surface area contributed by atoms with Gasteiger partial charge in [-0.05, 0) is 23.6 Å². The topological polar surface area (TPSA) is 42.0 Å². The summed E-state index contributed by atoms with van der Waals surface area (Å²) in [4.78, 5) is 16.4. The van der Waals surface area contributed by atoms with E-state index in [1.54, 1.807) is 18.5 Å². The molecule has 1 atom stereocenters. The van der Waals surface area contributed by atoms with Crippen LogP contribution in [0.2, 0.25) is 0 Å². The van der Waals surface area contributed by atoms with E-state index >= 15 is 0 Å². The van der Waals surface area contributed by atoms with Crippen LogP contribution in [0.25, 0.3) is 0 Å². The van der Waals surface area contributed by atoms with Gasteiger partial charge in [0, 0.05) is 18.9 Å². The minimum Gasteiger partial charge on any atom is -0.352 e. The molecule has 1 N–H and O–H groups in total. The molecular formula is C17H18N2O. The zero-order valence-electron chi connectivity index (χ0n) is 11.3. The van der Waals surface area contributed by atoms with E-state index in [9.17, 15) is 4.79 Å². The Bertz CT molecular complexity index is 552. The first-order valence-electron chi connectivity index (χ1n) is 6.63. The maximum atomic E-state index is 12.3. The van der Waals surface area contributed by atoms with Gasteiger partial charge in [0.1, 0.15) is 0 Å². The fraction of sp³-hybridized carbons (Fsp3) is 0.176. The largest absolute Gasteiger partial charge is 0.352 e. The molecule has 0 aliphatic heterocycles. The van der Waals surface area contributed by atoms with Crippen LogP contribution in [0.4, 0.5) is 0 Å². The van der Waals surface area contributed by atoms with Crippen LogP contribution < -0.4 is 5.32 Å². The maximum Gasteiger partial charge on any atom is 0.228 e. The summed E-state index contributed by atoms with van der Waals surface area (Å²) in [5.74, 6) is -0.194. The summed E-state index contributed by atoms with van der Waals surface area (Å²) in [6.45, 7) is 4.11. The standard InChI is InChI=1S/C17H18N2O/c1-2-10-19-17(20)16(15-8-4-3-5-9-15)12-14-7-6-11-18-13-14/h2-9,11,13,16H,1,10,12H2,(H,19,20). The van der Waals surface area contributed by atoms with Gasteiger partial charge < -0.3 is 5.32 Å². The van der Waals surface area contributed by atoms with E-state index in [2.05, 4.69) is 16.9 Å². The van der Waals surface area contributed by atoms with Crippen molar-refractivity contribution in [2.75, 3.05) is 6.54 Å². The average Bonchev–Trinajstić information content (AvgIpc) is 2.52. The molecule has 1 aromatic heterocycles. The number of benzene rings is 1. The highest BCUT2D eigenvalue weighted by molar-refractivity contribution is 5.84. The maximum absolute atomic E-state index is 12.3. The Hall–Kier alpha value is -2.42. The summed E-state index contributed by atoms with van der Waals surface area (Å²) in [7, 11) is 0. The third-order valence-electron chi connectivity index (χ3n) is 3.10. The van der Waals surface area contributed by atoms with Crippen LogP contribution in [0, 0.1) is 0 Å². The van der Waals surface area contributed by atoms with Crippen molar-refractivity contribution in [3.8, 4) is 0 Å². The van der Waals surface area contributed by atoms with E-state index in [1.165, 1.54) is 0 Å². The number of nitrogens with one attached hydrogen (secondary N) is 1. The highest BCUT2D eigenvalue weighted by Gasteiger charge is 2.20. The molecule has 0 radical (unpaired) electrons. The molecule has 0 aliphatic rings. The Morgan fingerprint density at radius 1 is 1.25 bits per heavy atom. The lowest BCUT2D eigenvalue weighted by atomic mass is 9.92. The van der Waals surface area contributed by atoms with Gasteiger partial charge in [0.25, 0.3) is 0 Å². The molecule has 0 saturated carbocycles. The number of rotatable bonds is 6. The van der Waals surface area contributed by atoms with Crippen LogP contribution in [0.15, 0.2) is 67.5 Å². The summed E-state index contributed by atoms with van der Waals surface area (Å²) in [5, 5.41) is 2.87. The number of hydrogen-bond donors (Lipinski definition) is 1. The Morgan fingerprint density at radius 3 is 2.70 bits per heavy atom. The molecule has 0 spiro atoms. The minimum absolute atomic E-state index is 0.0138. The number of nitrogens with zero attached hydrogens (tertiary/aromatic N) is 1. The molecule has 102 valence electrons. The first kappa shape index (κ1) is 14.0. The van der Waals surface area contributed by atoms with Crippen molar-refractivity contribution in [3.63, 3.8) is 0 Å². The summed E-state index contributed by atoms with van der Waals surface area (Å²) in [5.41, 5.74) is 2.06. The first-order valence-corrected chi connectivity index (χ1v) is 6.63. The molecular weight excluding hydrogens is 248 g/mol. The van der Waals surface area contributed by atoms with Gasteiger partial charge in [-0.3, -0.25) is 9.78 Å². The van der Waals surface area contributed by atoms with E-state index < -0.39 is 0 Å². The second-order valence-corrected chi connectivity index (χ2v) is 4.56. The van der Waals surface area contributed by atoms with Crippen molar-refractivity contribution in [1.29, 1.82) is 0 Å². The Morgan fingerprint density at radius 2 is 2.05 bits per heavy atom. The SMILES string of the molecule is C=CCNC(=O)C(Cc1cccnc1)c1ccccc1. The second kappa shape index (κ2) is 7.24. The van der Waals surface area contributed by atoms with Gasteiger partial charge in [-0.1, -0.05) is 42.5 Å². The van der Waals surface area contributed by atoms with Crippen LogP contribution >= 0.6 is 0 Å². The number of hydrogen-bond acceptors (Lipinski definition) is 2.